The summed E-state index contributed by atoms with van der Waals surface area (Å²) >= 11 is 3.76. The smallest absolute Gasteiger partial charge is 0.00113 e. The van der Waals surface area contributed by atoms with Crippen LogP contribution >= 0.6 is 15.9 Å². The summed E-state index contributed by atoms with van der Waals surface area (Å²) in [5.41, 5.74) is 4.36. The molecule has 0 bridgehead atoms. The van der Waals surface area contributed by atoms with Gasteiger partial charge in [-0.15, -0.1) is 0 Å². The molecule has 1 aliphatic rings. The SMILES string of the molecule is Cc1ccccc1C1=C(Br)CCCCC1. The van der Waals surface area contributed by atoms with E-state index in [0.717, 1.165) is 0 Å². The number of halogens is 1. The average molecular weight is 265 g/mol. The molecule has 0 fully saturated rings. The fourth-order valence-electron chi connectivity index (χ4n) is 2.24. The molecule has 80 valence electrons. The van der Waals surface area contributed by atoms with Crippen molar-refractivity contribution in [1.82, 2.24) is 0 Å². The normalized spacial score (nSPS) is 17.7. The molecule has 15 heavy (non-hydrogen) atoms. The maximum atomic E-state index is 3.76. The summed E-state index contributed by atoms with van der Waals surface area (Å²) in [6, 6.07) is 8.70. The molecule has 1 heteroatoms. The highest BCUT2D eigenvalue weighted by molar-refractivity contribution is 9.11. The molecule has 0 aliphatic heterocycles. The number of benzene rings is 1. The van der Waals surface area contributed by atoms with E-state index in [2.05, 4.69) is 47.1 Å². The fourth-order valence-corrected chi connectivity index (χ4v) is 2.93. The molecule has 0 amide bonds. The van der Waals surface area contributed by atoms with Crippen LogP contribution in [0.5, 0.6) is 0 Å². The van der Waals surface area contributed by atoms with Crippen LogP contribution in [0.15, 0.2) is 28.7 Å². The first-order valence-corrected chi connectivity index (χ1v) is 6.52. The van der Waals surface area contributed by atoms with Crippen molar-refractivity contribution < 1.29 is 0 Å². The highest BCUT2D eigenvalue weighted by Gasteiger charge is 2.12. The lowest BCUT2D eigenvalue weighted by Gasteiger charge is -2.11. The Hall–Kier alpha value is -0.560. The first-order valence-electron chi connectivity index (χ1n) is 5.72. The van der Waals surface area contributed by atoms with Crippen molar-refractivity contribution in [1.29, 1.82) is 0 Å². The van der Waals surface area contributed by atoms with Crippen molar-refractivity contribution in [2.24, 2.45) is 0 Å². The van der Waals surface area contributed by atoms with Crippen LogP contribution < -0.4 is 0 Å². The van der Waals surface area contributed by atoms with E-state index in [9.17, 15) is 0 Å². The second-order valence-corrected chi connectivity index (χ2v) is 5.22. The summed E-state index contributed by atoms with van der Waals surface area (Å²) in [5.74, 6) is 0. The van der Waals surface area contributed by atoms with Crippen molar-refractivity contribution in [3.63, 3.8) is 0 Å². The third-order valence-corrected chi connectivity index (χ3v) is 4.00. The predicted molar refractivity (Wildman–Crippen MR) is 70.1 cm³/mol. The lowest BCUT2D eigenvalue weighted by Crippen LogP contribution is -1.89. The van der Waals surface area contributed by atoms with Crippen LogP contribution in [0.25, 0.3) is 5.57 Å². The van der Waals surface area contributed by atoms with Crippen LogP contribution in [-0.2, 0) is 0 Å². The van der Waals surface area contributed by atoms with E-state index in [1.54, 1.807) is 0 Å². The average Bonchev–Trinajstić information content (AvgIpc) is 2.44. The molecule has 0 saturated carbocycles. The Kier molecular flexibility index (Phi) is 3.63. The highest BCUT2D eigenvalue weighted by atomic mass is 79.9. The van der Waals surface area contributed by atoms with Crippen LogP contribution in [0.2, 0.25) is 0 Å². The number of hydrogen-bond acceptors (Lipinski definition) is 0. The van der Waals surface area contributed by atoms with Crippen molar-refractivity contribution in [3.05, 3.63) is 39.9 Å². The van der Waals surface area contributed by atoms with Gasteiger partial charge in [0.1, 0.15) is 0 Å². The largest absolute Gasteiger partial charge is 0.0620 e. The van der Waals surface area contributed by atoms with E-state index in [4.69, 9.17) is 0 Å². The number of rotatable bonds is 1. The van der Waals surface area contributed by atoms with Gasteiger partial charge in [-0.3, -0.25) is 0 Å². The number of allylic oxidation sites excluding steroid dienone is 2. The van der Waals surface area contributed by atoms with Gasteiger partial charge < -0.3 is 0 Å². The van der Waals surface area contributed by atoms with Gasteiger partial charge >= 0.3 is 0 Å². The number of hydrogen-bond donors (Lipinski definition) is 0. The Morgan fingerprint density at radius 3 is 2.53 bits per heavy atom. The minimum absolute atomic E-state index is 1.21. The van der Waals surface area contributed by atoms with Gasteiger partial charge in [0, 0.05) is 0 Å². The molecule has 0 spiro atoms. The summed E-state index contributed by atoms with van der Waals surface area (Å²) < 4.78 is 1.43. The minimum atomic E-state index is 1.21. The molecule has 1 aliphatic carbocycles. The first-order chi connectivity index (χ1) is 7.29. The predicted octanol–water partition coefficient (Wildman–Crippen LogP) is 5.07. The summed E-state index contributed by atoms with van der Waals surface area (Å²) in [4.78, 5) is 0. The Morgan fingerprint density at radius 2 is 1.73 bits per heavy atom. The zero-order valence-electron chi connectivity index (χ0n) is 9.22. The zero-order chi connectivity index (χ0) is 10.7. The molecule has 0 radical (unpaired) electrons. The van der Waals surface area contributed by atoms with Crippen molar-refractivity contribution >= 4 is 21.5 Å². The van der Waals surface area contributed by atoms with Gasteiger partial charge in [0.25, 0.3) is 0 Å². The molecule has 0 aromatic heterocycles. The van der Waals surface area contributed by atoms with Gasteiger partial charge in [-0.2, -0.15) is 0 Å². The van der Waals surface area contributed by atoms with E-state index < -0.39 is 0 Å². The molecule has 0 atom stereocenters. The van der Waals surface area contributed by atoms with Crippen molar-refractivity contribution in [3.8, 4) is 0 Å². The van der Waals surface area contributed by atoms with E-state index in [1.165, 1.54) is 53.3 Å². The van der Waals surface area contributed by atoms with E-state index in [0.29, 0.717) is 0 Å². The van der Waals surface area contributed by atoms with Crippen LogP contribution in [0, 0.1) is 6.92 Å². The molecule has 1 aromatic carbocycles. The second-order valence-electron chi connectivity index (χ2n) is 4.26. The van der Waals surface area contributed by atoms with Crippen LogP contribution in [0.3, 0.4) is 0 Å². The summed E-state index contributed by atoms with van der Waals surface area (Å²) in [6.07, 6.45) is 6.47. The van der Waals surface area contributed by atoms with Crippen LogP contribution in [0.4, 0.5) is 0 Å². The topological polar surface area (TPSA) is 0 Å². The van der Waals surface area contributed by atoms with Gasteiger partial charge in [-0.25, -0.2) is 0 Å². The third kappa shape index (κ3) is 2.52. The van der Waals surface area contributed by atoms with Crippen molar-refractivity contribution in [2.75, 3.05) is 0 Å². The molecule has 2 rings (SSSR count). The quantitative estimate of drug-likeness (QED) is 0.665. The maximum Gasteiger partial charge on any atom is -0.00113 e. The van der Waals surface area contributed by atoms with Crippen molar-refractivity contribution in [2.45, 2.75) is 39.0 Å². The Morgan fingerprint density at radius 1 is 1.00 bits per heavy atom. The maximum absolute atomic E-state index is 3.76. The van der Waals surface area contributed by atoms with Crippen LogP contribution in [0.1, 0.15) is 43.2 Å². The summed E-state index contributed by atoms with van der Waals surface area (Å²) in [5, 5.41) is 0. The summed E-state index contributed by atoms with van der Waals surface area (Å²) in [6.45, 7) is 2.20. The van der Waals surface area contributed by atoms with Gasteiger partial charge in [0.15, 0.2) is 0 Å². The lowest BCUT2D eigenvalue weighted by atomic mass is 9.97. The zero-order valence-corrected chi connectivity index (χ0v) is 10.8. The Labute approximate surface area is 101 Å². The monoisotopic (exact) mass is 264 g/mol. The molecule has 0 heterocycles. The molecule has 0 saturated heterocycles. The lowest BCUT2D eigenvalue weighted by molar-refractivity contribution is 0.719. The first kappa shape index (κ1) is 10.9. The Balaban J connectivity index is 2.40. The van der Waals surface area contributed by atoms with E-state index in [1.807, 2.05) is 0 Å². The van der Waals surface area contributed by atoms with Gasteiger partial charge in [0.2, 0.25) is 0 Å². The minimum Gasteiger partial charge on any atom is -0.0620 e. The third-order valence-electron chi connectivity index (χ3n) is 3.12. The standard InChI is InChI=1S/C14H17Br/c1-11-7-5-6-8-12(11)13-9-3-2-4-10-14(13)15/h5-8H,2-4,9-10H2,1H3. The molecule has 1 aromatic rings. The molecule has 0 nitrogen and oxygen atoms in total. The van der Waals surface area contributed by atoms with Crippen LogP contribution in [-0.4, -0.2) is 0 Å². The van der Waals surface area contributed by atoms with E-state index >= 15 is 0 Å². The Bertz CT molecular complexity index is 377. The highest BCUT2D eigenvalue weighted by Crippen LogP contribution is 2.35. The molecular weight excluding hydrogens is 248 g/mol. The molecular formula is C14H17Br. The fraction of sp³-hybridized carbons (Fsp3) is 0.429. The number of aryl methyl sites for hydroxylation is 1. The molecule has 0 unspecified atom stereocenters. The molecule has 0 N–H and O–H groups in total. The van der Waals surface area contributed by atoms with E-state index in [-0.39, 0.29) is 0 Å². The second kappa shape index (κ2) is 4.98. The van der Waals surface area contributed by atoms with Gasteiger partial charge in [-0.1, -0.05) is 46.6 Å². The van der Waals surface area contributed by atoms with Gasteiger partial charge in [-0.05, 0) is 53.8 Å². The van der Waals surface area contributed by atoms with Gasteiger partial charge in [0.05, 0.1) is 0 Å². The summed E-state index contributed by atoms with van der Waals surface area (Å²) in [7, 11) is 0.